The number of hydrogen-bond donors (Lipinski definition) is 2. The average Bonchev–Trinajstić information content (AvgIpc) is 3.22. The topological polar surface area (TPSA) is 52.6 Å². The highest BCUT2D eigenvalue weighted by Crippen LogP contribution is 2.44. The summed E-state index contributed by atoms with van der Waals surface area (Å²) in [5, 5.41) is 14.1. The molecule has 1 saturated heterocycles. The fraction of sp³-hybridized carbons (Fsp3) is 0.533. The lowest BCUT2D eigenvalue weighted by Crippen LogP contribution is -2.66. The van der Waals surface area contributed by atoms with Gasteiger partial charge in [-0.1, -0.05) is 35.3 Å². The summed E-state index contributed by atoms with van der Waals surface area (Å²) in [4.78, 5) is 13.8. The van der Waals surface area contributed by atoms with Crippen molar-refractivity contribution in [2.24, 2.45) is 5.92 Å². The van der Waals surface area contributed by atoms with Gasteiger partial charge in [0.25, 0.3) is 0 Å². The highest BCUT2D eigenvalue weighted by molar-refractivity contribution is 6.42. The van der Waals surface area contributed by atoms with E-state index in [1.807, 2.05) is 19.1 Å². The Labute approximate surface area is 134 Å². The minimum Gasteiger partial charge on any atom is -0.386 e. The van der Waals surface area contributed by atoms with Crippen LogP contribution in [0.5, 0.6) is 0 Å². The quantitative estimate of drug-likeness (QED) is 0.895. The standard InChI is InChI=1S/C15H18Cl2N2O2/c1-9(11-3-2-4-12(16)13(11)17)18-14(20)19-7-15(21,8-19)10-5-6-10/h2-4,9-10,21H,5-8H2,1H3,(H,18,20)/t9-/m1/s1. The van der Waals surface area contributed by atoms with Crippen molar-refractivity contribution in [3.63, 3.8) is 0 Å². The molecule has 4 nitrogen and oxygen atoms in total. The maximum Gasteiger partial charge on any atom is 0.318 e. The first kappa shape index (κ1) is 14.9. The molecule has 2 amide bonds. The Hall–Kier alpha value is -0.970. The molecule has 114 valence electrons. The molecule has 1 aromatic carbocycles. The number of urea groups is 1. The number of likely N-dealkylation sites (tertiary alicyclic amines) is 1. The van der Waals surface area contributed by atoms with Gasteiger partial charge in [-0.05, 0) is 37.3 Å². The summed E-state index contributed by atoms with van der Waals surface area (Å²) in [7, 11) is 0. The Morgan fingerprint density at radius 2 is 2.10 bits per heavy atom. The van der Waals surface area contributed by atoms with Crippen LogP contribution in [0.1, 0.15) is 31.4 Å². The van der Waals surface area contributed by atoms with Gasteiger partial charge in [0, 0.05) is 0 Å². The normalized spacial score (nSPS) is 21.6. The third kappa shape index (κ3) is 2.85. The van der Waals surface area contributed by atoms with Crippen LogP contribution in [0.4, 0.5) is 4.79 Å². The highest BCUT2D eigenvalue weighted by Gasteiger charge is 2.53. The van der Waals surface area contributed by atoms with E-state index in [0.29, 0.717) is 29.1 Å². The number of benzene rings is 1. The third-order valence-corrected chi connectivity index (χ3v) is 5.18. The van der Waals surface area contributed by atoms with E-state index in [1.165, 1.54) is 0 Å². The predicted molar refractivity (Wildman–Crippen MR) is 82.7 cm³/mol. The number of rotatable bonds is 3. The Kier molecular flexibility index (Phi) is 3.80. The van der Waals surface area contributed by atoms with E-state index in [4.69, 9.17) is 23.2 Å². The summed E-state index contributed by atoms with van der Waals surface area (Å²) in [6, 6.07) is 4.95. The van der Waals surface area contributed by atoms with Crippen molar-refractivity contribution in [3.8, 4) is 0 Å². The molecule has 0 spiro atoms. The van der Waals surface area contributed by atoms with Crippen molar-refractivity contribution >= 4 is 29.2 Å². The molecular weight excluding hydrogens is 311 g/mol. The summed E-state index contributed by atoms with van der Waals surface area (Å²) in [5.74, 6) is 0.376. The number of amides is 2. The lowest BCUT2D eigenvalue weighted by atomic mass is 9.89. The van der Waals surface area contributed by atoms with Crippen LogP contribution in [0.3, 0.4) is 0 Å². The molecule has 1 aliphatic carbocycles. The Bertz CT molecular complexity index is 569. The van der Waals surface area contributed by atoms with Crippen molar-refractivity contribution in [1.29, 1.82) is 0 Å². The molecule has 0 radical (unpaired) electrons. The van der Waals surface area contributed by atoms with Gasteiger partial charge in [-0.25, -0.2) is 4.79 Å². The zero-order valence-corrected chi connectivity index (χ0v) is 13.3. The Morgan fingerprint density at radius 1 is 1.43 bits per heavy atom. The Morgan fingerprint density at radius 3 is 2.71 bits per heavy atom. The number of nitrogens with zero attached hydrogens (tertiary/aromatic N) is 1. The number of carbonyl (C=O) groups is 1. The zero-order chi connectivity index (χ0) is 15.2. The minimum atomic E-state index is -0.658. The van der Waals surface area contributed by atoms with E-state index >= 15 is 0 Å². The fourth-order valence-electron chi connectivity index (χ4n) is 2.85. The molecule has 2 N–H and O–H groups in total. The number of carbonyl (C=O) groups excluding carboxylic acids is 1. The number of nitrogens with one attached hydrogen (secondary N) is 1. The van der Waals surface area contributed by atoms with Crippen LogP contribution in [-0.2, 0) is 0 Å². The summed E-state index contributed by atoms with van der Waals surface area (Å²) in [6.45, 7) is 2.70. The predicted octanol–water partition coefficient (Wildman–Crippen LogP) is 3.22. The van der Waals surface area contributed by atoms with Gasteiger partial charge in [0.1, 0.15) is 5.60 Å². The molecule has 1 heterocycles. The van der Waals surface area contributed by atoms with Gasteiger partial charge in [-0.3, -0.25) is 0 Å². The van der Waals surface area contributed by atoms with Gasteiger partial charge in [0.2, 0.25) is 0 Å². The third-order valence-electron chi connectivity index (χ3n) is 4.34. The molecule has 0 unspecified atom stereocenters. The van der Waals surface area contributed by atoms with E-state index in [0.717, 1.165) is 18.4 Å². The molecule has 1 aliphatic heterocycles. The first-order valence-corrected chi connectivity index (χ1v) is 7.88. The van der Waals surface area contributed by atoms with Crippen LogP contribution in [0.15, 0.2) is 18.2 Å². The smallest absolute Gasteiger partial charge is 0.318 e. The van der Waals surface area contributed by atoms with Crippen LogP contribution in [0.2, 0.25) is 10.0 Å². The van der Waals surface area contributed by atoms with Gasteiger partial charge in [-0.15, -0.1) is 0 Å². The van der Waals surface area contributed by atoms with Crippen molar-refractivity contribution in [2.75, 3.05) is 13.1 Å². The van der Waals surface area contributed by atoms with Gasteiger partial charge >= 0.3 is 6.03 Å². The van der Waals surface area contributed by atoms with E-state index in [1.54, 1.807) is 11.0 Å². The second-order valence-electron chi connectivity index (χ2n) is 6.05. The molecule has 2 aliphatic rings. The average molecular weight is 329 g/mol. The lowest BCUT2D eigenvalue weighted by Gasteiger charge is -2.47. The SMILES string of the molecule is C[C@@H](NC(=O)N1CC(O)(C2CC2)C1)c1cccc(Cl)c1Cl. The minimum absolute atomic E-state index is 0.177. The second-order valence-corrected chi connectivity index (χ2v) is 6.83. The molecule has 2 fully saturated rings. The highest BCUT2D eigenvalue weighted by atomic mass is 35.5. The lowest BCUT2D eigenvalue weighted by molar-refractivity contribution is -0.0920. The van der Waals surface area contributed by atoms with Gasteiger partial charge in [0.15, 0.2) is 0 Å². The van der Waals surface area contributed by atoms with Crippen molar-refractivity contribution in [2.45, 2.75) is 31.4 Å². The molecule has 1 saturated carbocycles. The largest absolute Gasteiger partial charge is 0.386 e. The summed E-state index contributed by atoms with van der Waals surface area (Å²) < 4.78 is 0. The van der Waals surface area contributed by atoms with Crippen molar-refractivity contribution in [1.82, 2.24) is 10.2 Å². The van der Waals surface area contributed by atoms with Crippen molar-refractivity contribution in [3.05, 3.63) is 33.8 Å². The van der Waals surface area contributed by atoms with Gasteiger partial charge in [-0.2, -0.15) is 0 Å². The fourth-order valence-corrected chi connectivity index (χ4v) is 3.32. The molecular formula is C15H18Cl2N2O2. The van der Waals surface area contributed by atoms with E-state index in [-0.39, 0.29) is 12.1 Å². The molecule has 1 aromatic rings. The Balaban J connectivity index is 1.59. The molecule has 21 heavy (non-hydrogen) atoms. The number of hydrogen-bond acceptors (Lipinski definition) is 2. The maximum atomic E-state index is 12.2. The molecule has 1 atom stereocenters. The second kappa shape index (κ2) is 5.34. The summed E-state index contributed by atoms with van der Waals surface area (Å²) in [5.41, 5.74) is 0.129. The summed E-state index contributed by atoms with van der Waals surface area (Å²) >= 11 is 12.1. The molecule has 6 heteroatoms. The van der Waals surface area contributed by atoms with E-state index in [9.17, 15) is 9.90 Å². The van der Waals surface area contributed by atoms with Crippen LogP contribution in [0, 0.1) is 5.92 Å². The van der Waals surface area contributed by atoms with E-state index < -0.39 is 5.60 Å². The maximum absolute atomic E-state index is 12.2. The molecule has 3 rings (SSSR count). The van der Waals surface area contributed by atoms with Crippen LogP contribution >= 0.6 is 23.2 Å². The van der Waals surface area contributed by atoms with Gasteiger partial charge in [0.05, 0.1) is 29.2 Å². The summed E-state index contributed by atoms with van der Waals surface area (Å²) in [6.07, 6.45) is 2.14. The van der Waals surface area contributed by atoms with Crippen LogP contribution < -0.4 is 5.32 Å². The number of aliphatic hydroxyl groups is 1. The first-order valence-electron chi connectivity index (χ1n) is 7.12. The van der Waals surface area contributed by atoms with Crippen LogP contribution in [0.25, 0.3) is 0 Å². The first-order chi connectivity index (χ1) is 9.90. The number of β-amino-alcohol motifs (C(OH)–C–C–N with tert-alkyl or cyclic N) is 1. The van der Waals surface area contributed by atoms with Crippen molar-refractivity contribution < 1.29 is 9.90 Å². The molecule has 0 aromatic heterocycles. The number of halogens is 2. The van der Waals surface area contributed by atoms with E-state index in [2.05, 4.69) is 5.32 Å². The van der Waals surface area contributed by atoms with Gasteiger partial charge < -0.3 is 15.3 Å². The van der Waals surface area contributed by atoms with Crippen LogP contribution in [-0.4, -0.2) is 34.7 Å². The molecule has 0 bridgehead atoms. The monoisotopic (exact) mass is 328 g/mol. The zero-order valence-electron chi connectivity index (χ0n) is 11.8.